The summed E-state index contributed by atoms with van der Waals surface area (Å²) in [4.78, 5) is 19.9. The van der Waals surface area contributed by atoms with Gasteiger partial charge in [0.1, 0.15) is 11.9 Å². The van der Waals surface area contributed by atoms with Gasteiger partial charge in [-0.1, -0.05) is 54.6 Å². The zero-order valence-electron chi connectivity index (χ0n) is 22.1. The highest BCUT2D eigenvalue weighted by molar-refractivity contribution is 5.93. The van der Waals surface area contributed by atoms with E-state index in [-0.39, 0.29) is 18.1 Å². The maximum absolute atomic E-state index is 13.6. The Morgan fingerprint density at radius 1 is 0.800 bits per heavy atom. The second-order valence-electron chi connectivity index (χ2n) is 9.94. The van der Waals surface area contributed by atoms with Gasteiger partial charge in [-0.15, -0.1) is 0 Å². The molecule has 1 fully saturated rings. The fraction of sp³-hybridized carbons (Fsp3) is 0.212. The zero-order chi connectivity index (χ0) is 27.7. The second-order valence-corrected chi connectivity index (χ2v) is 9.94. The number of nitrogens with zero attached hydrogens (tertiary/aromatic N) is 4. The molecule has 0 spiro atoms. The molecule has 5 rings (SSSR count). The number of pyridine rings is 1. The molecule has 0 atom stereocenters. The average molecular weight is 527 g/mol. The maximum atomic E-state index is 13.6. The summed E-state index contributed by atoms with van der Waals surface area (Å²) in [5, 5.41) is 24.7. The Hall–Kier alpha value is -5.14. The predicted octanol–water partition coefficient (Wildman–Crippen LogP) is 6.63. The highest BCUT2D eigenvalue weighted by atomic mass is 16.2. The molecule has 0 radical (unpaired) electrons. The van der Waals surface area contributed by atoms with Gasteiger partial charge in [0.15, 0.2) is 0 Å². The van der Waals surface area contributed by atoms with Gasteiger partial charge >= 0.3 is 6.03 Å². The lowest BCUT2D eigenvalue weighted by Crippen LogP contribution is -2.48. The second kappa shape index (κ2) is 12.6. The smallest absolute Gasteiger partial charge is 0.322 e. The van der Waals surface area contributed by atoms with Gasteiger partial charge in [0.05, 0.1) is 17.2 Å². The molecule has 0 saturated heterocycles. The van der Waals surface area contributed by atoms with E-state index in [4.69, 9.17) is 10.5 Å². The number of amides is 2. The Kier molecular flexibility index (Phi) is 8.34. The highest BCUT2D eigenvalue weighted by Crippen LogP contribution is 2.31. The molecular formula is C33H30N6O. The van der Waals surface area contributed by atoms with Gasteiger partial charge in [0.2, 0.25) is 0 Å². The zero-order valence-corrected chi connectivity index (χ0v) is 22.1. The molecule has 7 heteroatoms. The van der Waals surface area contributed by atoms with Crippen LogP contribution in [0.5, 0.6) is 0 Å². The largest absolute Gasteiger partial charge is 0.367 e. The molecule has 1 heterocycles. The quantitative estimate of drug-likeness (QED) is 0.281. The molecule has 40 heavy (non-hydrogen) atoms. The molecule has 7 nitrogen and oxygen atoms in total. The Morgan fingerprint density at radius 2 is 1.43 bits per heavy atom. The van der Waals surface area contributed by atoms with Crippen molar-refractivity contribution in [3.8, 4) is 23.3 Å². The number of carbonyl (C=O) groups is 1. The number of rotatable bonds is 7. The minimum absolute atomic E-state index is 0.0588. The molecule has 1 aliphatic rings. The van der Waals surface area contributed by atoms with Gasteiger partial charge in [-0.3, -0.25) is 4.90 Å². The van der Waals surface area contributed by atoms with E-state index in [0.717, 1.165) is 53.9 Å². The van der Waals surface area contributed by atoms with Crippen LogP contribution in [-0.2, 0) is 6.54 Å². The number of nitriles is 2. The molecule has 198 valence electrons. The molecule has 1 saturated carbocycles. The molecule has 0 bridgehead atoms. The molecule has 1 aliphatic carbocycles. The van der Waals surface area contributed by atoms with E-state index in [2.05, 4.69) is 27.8 Å². The van der Waals surface area contributed by atoms with Crippen molar-refractivity contribution in [2.24, 2.45) is 0 Å². The summed E-state index contributed by atoms with van der Waals surface area (Å²) in [5.41, 5.74) is 5.12. The van der Waals surface area contributed by atoms with E-state index in [0.29, 0.717) is 17.7 Å². The molecule has 0 aliphatic heterocycles. The molecule has 0 unspecified atom stereocenters. The summed E-state index contributed by atoms with van der Waals surface area (Å²) in [6, 6.07) is 33.5. The summed E-state index contributed by atoms with van der Waals surface area (Å²) in [6.45, 7) is 0.459. The highest BCUT2D eigenvalue weighted by Gasteiger charge is 2.30. The van der Waals surface area contributed by atoms with E-state index in [1.807, 2.05) is 89.8 Å². The summed E-state index contributed by atoms with van der Waals surface area (Å²) in [6.07, 6.45) is 5.08. The van der Waals surface area contributed by atoms with Crippen LogP contribution in [0.25, 0.3) is 11.1 Å². The van der Waals surface area contributed by atoms with E-state index in [1.165, 1.54) is 0 Å². The van der Waals surface area contributed by atoms with Crippen LogP contribution in [0.4, 0.5) is 16.3 Å². The molecule has 2 N–H and O–H groups in total. The van der Waals surface area contributed by atoms with Crippen molar-refractivity contribution >= 4 is 17.5 Å². The lowest BCUT2D eigenvalue weighted by atomic mass is 9.89. The molecule has 1 aromatic heterocycles. The number of hydrogen-bond acceptors (Lipinski definition) is 5. The van der Waals surface area contributed by atoms with E-state index in [9.17, 15) is 4.79 Å². The maximum Gasteiger partial charge on any atom is 0.322 e. The van der Waals surface area contributed by atoms with Crippen molar-refractivity contribution in [2.45, 2.75) is 44.3 Å². The Bertz CT molecular complexity index is 1500. The van der Waals surface area contributed by atoms with Gasteiger partial charge in [-0.05, 0) is 78.8 Å². The number of benzene rings is 3. The van der Waals surface area contributed by atoms with Crippen LogP contribution in [0.1, 0.15) is 42.4 Å². The minimum atomic E-state index is -0.111. The SMILES string of the molecule is N#Cc1ccc(-c2ccc(N(C(=O)NCc3ccccc3)[C@H]3CC[C@H](Nc4ccc(C#N)cn4)CC3)cc2)cc1. The van der Waals surface area contributed by atoms with Crippen molar-refractivity contribution in [1.29, 1.82) is 10.5 Å². The summed E-state index contributed by atoms with van der Waals surface area (Å²) in [5.74, 6) is 0.762. The Labute approximate surface area is 234 Å². The van der Waals surface area contributed by atoms with Gasteiger partial charge in [0, 0.05) is 30.5 Å². The number of carbonyl (C=O) groups excluding carboxylic acids is 1. The first-order valence-corrected chi connectivity index (χ1v) is 13.5. The number of urea groups is 1. The third-order valence-corrected chi connectivity index (χ3v) is 7.30. The van der Waals surface area contributed by atoms with Crippen LogP contribution in [0.15, 0.2) is 97.2 Å². The van der Waals surface area contributed by atoms with Crippen molar-refractivity contribution < 1.29 is 4.79 Å². The van der Waals surface area contributed by atoms with Crippen LogP contribution >= 0.6 is 0 Å². The van der Waals surface area contributed by atoms with Crippen LogP contribution < -0.4 is 15.5 Å². The number of nitrogens with one attached hydrogen (secondary N) is 2. The first-order chi connectivity index (χ1) is 19.6. The Balaban J connectivity index is 1.30. The number of aromatic nitrogens is 1. The number of hydrogen-bond donors (Lipinski definition) is 2. The summed E-state index contributed by atoms with van der Waals surface area (Å²) >= 11 is 0. The molecule has 3 aromatic carbocycles. The van der Waals surface area contributed by atoms with Crippen LogP contribution in [0, 0.1) is 22.7 Å². The monoisotopic (exact) mass is 526 g/mol. The summed E-state index contributed by atoms with van der Waals surface area (Å²) in [7, 11) is 0. The Morgan fingerprint density at radius 3 is 2.02 bits per heavy atom. The molecule has 2 amide bonds. The van der Waals surface area contributed by atoms with Crippen LogP contribution in [-0.4, -0.2) is 23.1 Å². The predicted molar refractivity (Wildman–Crippen MR) is 156 cm³/mol. The van der Waals surface area contributed by atoms with Crippen LogP contribution in [0.2, 0.25) is 0 Å². The van der Waals surface area contributed by atoms with E-state index < -0.39 is 0 Å². The third kappa shape index (κ3) is 6.46. The fourth-order valence-corrected chi connectivity index (χ4v) is 5.14. The van der Waals surface area contributed by atoms with Crippen LogP contribution in [0.3, 0.4) is 0 Å². The summed E-state index contributed by atoms with van der Waals surface area (Å²) < 4.78 is 0. The van der Waals surface area contributed by atoms with Gasteiger partial charge < -0.3 is 10.6 Å². The van der Waals surface area contributed by atoms with Gasteiger partial charge in [-0.2, -0.15) is 10.5 Å². The number of anilines is 2. The first-order valence-electron chi connectivity index (χ1n) is 13.5. The van der Waals surface area contributed by atoms with E-state index in [1.54, 1.807) is 12.3 Å². The van der Waals surface area contributed by atoms with Crippen molar-refractivity contribution in [2.75, 3.05) is 10.2 Å². The third-order valence-electron chi connectivity index (χ3n) is 7.30. The van der Waals surface area contributed by atoms with Gasteiger partial charge in [0.25, 0.3) is 0 Å². The normalized spacial score (nSPS) is 16.2. The van der Waals surface area contributed by atoms with Crippen molar-refractivity contribution in [3.63, 3.8) is 0 Å². The minimum Gasteiger partial charge on any atom is -0.367 e. The fourth-order valence-electron chi connectivity index (χ4n) is 5.14. The standard InChI is InChI=1S/C33H30N6O/c34-20-24-6-9-27(10-7-24)28-11-15-30(16-12-28)39(33(40)37-22-25-4-2-1-3-5-25)31-17-13-29(14-18-31)38-32-19-8-26(21-35)23-36-32/h1-12,15-16,19,23,29,31H,13-14,17-18,22H2,(H,36,38)(H,37,40)/t29-,31-. The van der Waals surface area contributed by atoms with E-state index >= 15 is 0 Å². The van der Waals surface area contributed by atoms with Crippen molar-refractivity contribution in [1.82, 2.24) is 10.3 Å². The first kappa shape index (κ1) is 26.5. The van der Waals surface area contributed by atoms with Gasteiger partial charge in [-0.25, -0.2) is 9.78 Å². The van der Waals surface area contributed by atoms with Crippen molar-refractivity contribution in [3.05, 3.63) is 114 Å². The molecule has 4 aromatic rings. The topological polar surface area (TPSA) is 105 Å². The average Bonchev–Trinajstić information content (AvgIpc) is 3.02. The molecular weight excluding hydrogens is 496 g/mol. The lowest BCUT2D eigenvalue weighted by Gasteiger charge is -2.37. The lowest BCUT2D eigenvalue weighted by molar-refractivity contribution is 0.240.